The highest BCUT2D eigenvalue weighted by atomic mass is 32.2. The lowest BCUT2D eigenvalue weighted by Crippen LogP contribution is -2.37. The van der Waals surface area contributed by atoms with Crippen LogP contribution in [0.2, 0.25) is 0 Å². The molecule has 1 unspecified atom stereocenters. The van der Waals surface area contributed by atoms with Crippen molar-refractivity contribution in [2.24, 2.45) is 0 Å². The Hall–Kier alpha value is -1.76. The number of aliphatic carboxylic acids is 1. The monoisotopic (exact) mass is 270 g/mol. The Balaban J connectivity index is 2.44. The van der Waals surface area contributed by atoms with Gasteiger partial charge < -0.3 is 15.2 Å². The lowest BCUT2D eigenvalue weighted by atomic mass is 10.3. The van der Waals surface area contributed by atoms with Gasteiger partial charge in [0.25, 0.3) is 0 Å². The quantitative estimate of drug-likeness (QED) is 0.670. The van der Waals surface area contributed by atoms with Crippen molar-refractivity contribution in [1.29, 1.82) is 0 Å². The summed E-state index contributed by atoms with van der Waals surface area (Å²) in [6.07, 6.45) is 0.392. The Morgan fingerprint density at radius 3 is 3.06 bits per heavy atom. The first kappa shape index (κ1) is 14.3. The van der Waals surface area contributed by atoms with Crippen LogP contribution < -0.4 is 10.1 Å². The molecular formula is C11H14N2O4S. The average molecular weight is 270 g/mol. The molecule has 0 saturated carbocycles. The van der Waals surface area contributed by atoms with Gasteiger partial charge in [0.2, 0.25) is 12.3 Å². The number of nitrogens with zero attached hydrogens (tertiary/aromatic N) is 1. The van der Waals surface area contributed by atoms with Gasteiger partial charge in [-0.3, -0.25) is 4.79 Å². The number of amides is 1. The zero-order valence-corrected chi connectivity index (χ0v) is 10.6. The second kappa shape index (κ2) is 7.54. The molecule has 0 saturated heterocycles. The van der Waals surface area contributed by atoms with Crippen molar-refractivity contribution in [2.75, 3.05) is 12.9 Å². The molecule has 0 spiro atoms. The molecule has 1 rings (SSSR count). The Bertz CT molecular complexity index is 414. The van der Waals surface area contributed by atoms with Gasteiger partial charge in [0, 0.05) is 17.6 Å². The van der Waals surface area contributed by atoms with Crippen LogP contribution in [0.1, 0.15) is 5.69 Å². The number of carboxylic acid groups (broad SMARTS) is 1. The zero-order chi connectivity index (χ0) is 13.4. The fourth-order valence-corrected chi connectivity index (χ4v) is 2.17. The number of carboxylic acids is 1. The first-order chi connectivity index (χ1) is 8.67. The molecule has 1 atom stereocenters. The van der Waals surface area contributed by atoms with Crippen molar-refractivity contribution >= 4 is 24.1 Å². The molecule has 1 amide bonds. The van der Waals surface area contributed by atoms with E-state index in [0.717, 1.165) is 5.69 Å². The maximum Gasteiger partial charge on any atom is 0.327 e. The molecule has 0 aliphatic carbocycles. The zero-order valence-electron chi connectivity index (χ0n) is 9.83. The fourth-order valence-electron chi connectivity index (χ4n) is 1.21. The third-order valence-corrected chi connectivity index (χ3v) is 3.16. The van der Waals surface area contributed by atoms with E-state index in [9.17, 15) is 9.59 Å². The van der Waals surface area contributed by atoms with Gasteiger partial charge in [0.1, 0.15) is 6.04 Å². The lowest BCUT2D eigenvalue weighted by molar-refractivity contribution is -0.139. The van der Waals surface area contributed by atoms with Crippen molar-refractivity contribution in [3.8, 4) is 5.88 Å². The van der Waals surface area contributed by atoms with Crippen LogP contribution in [-0.4, -0.2) is 41.4 Å². The molecule has 0 aromatic carbocycles. The van der Waals surface area contributed by atoms with E-state index in [0.29, 0.717) is 18.0 Å². The standard InChI is InChI=1S/C11H14N2O4S/c1-17-10-4-2-3-8(13-10)5-18-6-9(11(15)16)12-7-14/h2-4,7,9H,5-6H2,1H3,(H,12,14)(H,15,16). The SMILES string of the molecule is COc1cccc(CSCC(NC=O)C(=O)O)n1. The van der Waals surface area contributed by atoms with Gasteiger partial charge in [0.05, 0.1) is 12.8 Å². The topological polar surface area (TPSA) is 88.5 Å². The van der Waals surface area contributed by atoms with E-state index in [1.807, 2.05) is 12.1 Å². The predicted molar refractivity (Wildman–Crippen MR) is 67.6 cm³/mol. The summed E-state index contributed by atoms with van der Waals surface area (Å²) in [5, 5.41) is 11.1. The molecule has 1 aromatic heterocycles. The summed E-state index contributed by atoms with van der Waals surface area (Å²) < 4.78 is 4.99. The van der Waals surface area contributed by atoms with Crippen LogP contribution in [0.5, 0.6) is 5.88 Å². The third kappa shape index (κ3) is 4.62. The van der Waals surface area contributed by atoms with Gasteiger partial charge >= 0.3 is 5.97 Å². The normalized spacial score (nSPS) is 11.6. The molecule has 98 valence electrons. The number of hydrogen-bond acceptors (Lipinski definition) is 5. The number of hydrogen-bond donors (Lipinski definition) is 2. The molecule has 0 bridgehead atoms. The predicted octanol–water partition coefficient (Wildman–Crippen LogP) is 0.523. The van der Waals surface area contributed by atoms with Crippen LogP contribution in [0, 0.1) is 0 Å². The smallest absolute Gasteiger partial charge is 0.327 e. The van der Waals surface area contributed by atoms with E-state index in [1.165, 1.54) is 18.9 Å². The number of thioether (sulfide) groups is 1. The maximum atomic E-state index is 10.8. The van der Waals surface area contributed by atoms with E-state index >= 15 is 0 Å². The van der Waals surface area contributed by atoms with Crippen molar-refractivity contribution in [2.45, 2.75) is 11.8 Å². The minimum atomic E-state index is -1.05. The van der Waals surface area contributed by atoms with Crippen LogP contribution in [0.25, 0.3) is 0 Å². The van der Waals surface area contributed by atoms with Crippen molar-refractivity contribution < 1.29 is 19.4 Å². The number of carbonyl (C=O) groups is 2. The highest BCUT2D eigenvalue weighted by Gasteiger charge is 2.15. The van der Waals surface area contributed by atoms with Gasteiger partial charge in [-0.05, 0) is 6.07 Å². The maximum absolute atomic E-state index is 10.8. The Morgan fingerprint density at radius 1 is 1.67 bits per heavy atom. The first-order valence-corrected chi connectivity index (χ1v) is 6.33. The minimum absolute atomic E-state index is 0.285. The number of methoxy groups -OCH3 is 1. The van der Waals surface area contributed by atoms with Gasteiger partial charge in [0.15, 0.2) is 0 Å². The number of rotatable bonds is 8. The highest BCUT2D eigenvalue weighted by molar-refractivity contribution is 7.98. The van der Waals surface area contributed by atoms with E-state index in [-0.39, 0.29) is 5.75 Å². The van der Waals surface area contributed by atoms with Crippen LogP contribution in [-0.2, 0) is 15.3 Å². The van der Waals surface area contributed by atoms with Crippen molar-refractivity contribution in [3.63, 3.8) is 0 Å². The molecule has 0 fully saturated rings. The Labute approximate surface area is 109 Å². The molecule has 7 heteroatoms. The van der Waals surface area contributed by atoms with Crippen LogP contribution in [0.3, 0.4) is 0 Å². The second-order valence-corrected chi connectivity index (χ2v) is 4.39. The summed E-state index contributed by atoms with van der Waals surface area (Å²) in [5.41, 5.74) is 0.801. The molecule has 2 N–H and O–H groups in total. The van der Waals surface area contributed by atoms with E-state index < -0.39 is 12.0 Å². The van der Waals surface area contributed by atoms with Gasteiger partial charge in [-0.1, -0.05) is 6.07 Å². The van der Waals surface area contributed by atoms with E-state index in [4.69, 9.17) is 9.84 Å². The van der Waals surface area contributed by atoms with Gasteiger partial charge in [-0.15, -0.1) is 0 Å². The van der Waals surface area contributed by atoms with Crippen LogP contribution >= 0.6 is 11.8 Å². The average Bonchev–Trinajstić information content (AvgIpc) is 2.38. The Kier molecular flexibility index (Phi) is 5.99. The summed E-state index contributed by atoms with van der Waals surface area (Å²) in [7, 11) is 1.54. The summed E-state index contributed by atoms with van der Waals surface area (Å²) in [5.74, 6) is 0.316. The van der Waals surface area contributed by atoms with Crippen LogP contribution in [0.15, 0.2) is 18.2 Å². The van der Waals surface area contributed by atoms with E-state index in [2.05, 4.69) is 10.3 Å². The molecule has 6 nitrogen and oxygen atoms in total. The number of ether oxygens (including phenoxy) is 1. The molecular weight excluding hydrogens is 256 g/mol. The van der Waals surface area contributed by atoms with Gasteiger partial charge in [-0.25, -0.2) is 9.78 Å². The largest absolute Gasteiger partial charge is 0.481 e. The fraction of sp³-hybridized carbons (Fsp3) is 0.364. The summed E-state index contributed by atoms with van der Waals surface area (Å²) in [4.78, 5) is 25.2. The second-order valence-electron chi connectivity index (χ2n) is 3.36. The third-order valence-electron chi connectivity index (χ3n) is 2.09. The number of carbonyl (C=O) groups excluding carboxylic acids is 1. The molecule has 0 aliphatic heterocycles. The lowest BCUT2D eigenvalue weighted by Gasteiger charge is -2.10. The molecule has 0 aliphatic rings. The van der Waals surface area contributed by atoms with Crippen molar-refractivity contribution in [3.05, 3.63) is 23.9 Å². The van der Waals surface area contributed by atoms with Crippen molar-refractivity contribution in [1.82, 2.24) is 10.3 Å². The van der Waals surface area contributed by atoms with E-state index in [1.54, 1.807) is 6.07 Å². The number of pyridine rings is 1. The Morgan fingerprint density at radius 2 is 2.44 bits per heavy atom. The summed E-state index contributed by atoms with van der Waals surface area (Å²) in [6.45, 7) is 0. The number of nitrogens with one attached hydrogen (secondary N) is 1. The number of aromatic nitrogens is 1. The molecule has 0 radical (unpaired) electrons. The molecule has 18 heavy (non-hydrogen) atoms. The summed E-state index contributed by atoms with van der Waals surface area (Å²) >= 11 is 1.38. The highest BCUT2D eigenvalue weighted by Crippen LogP contribution is 2.14. The van der Waals surface area contributed by atoms with Crippen LogP contribution in [0.4, 0.5) is 0 Å². The minimum Gasteiger partial charge on any atom is -0.481 e. The summed E-state index contributed by atoms with van der Waals surface area (Å²) in [6, 6.07) is 4.51. The molecule has 1 heterocycles. The first-order valence-electron chi connectivity index (χ1n) is 5.17. The molecule has 1 aromatic rings. The van der Waals surface area contributed by atoms with Gasteiger partial charge in [-0.2, -0.15) is 11.8 Å².